The van der Waals surface area contributed by atoms with Gasteiger partial charge in [-0.1, -0.05) is 18.2 Å². The molecule has 0 bridgehead atoms. The Kier molecular flexibility index (Phi) is 4.29. The van der Waals surface area contributed by atoms with E-state index in [0.717, 1.165) is 11.3 Å². The van der Waals surface area contributed by atoms with Crippen molar-refractivity contribution in [3.05, 3.63) is 51.7 Å². The van der Waals surface area contributed by atoms with Crippen molar-refractivity contribution in [3.8, 4) is 0 Å². The van der Waals surface area contributed by atoms with Crippen LogP contribution in [0.5, 0.6) is 0 Å². The number of anilines is 1. The number of rotatable bonds is 2. The highest BCUT2D eigenvalue weighted by atomic mass is 32.1. The minimum absolute atomic E-state index is 0.183. The van der Waals surface area contributed by atoms with Gasteiger partial charge >= 0.3 is 0 Å². The Morgan fingerprint density at radius 3 is 2.68 bits per heavy atom. The molecule has 0 fully saturated rings. The number of carbonyl (C=O) groups is 1. The lowest BCUT2D eigenvalue weighted by Crippen LogP contribution is -2.33. The van der Waals surface area contributed by atoms with Crippen LogP contribution in [0.1, 0.15) is 20.8 Å². The molecule has 2 rings (SSSR count). The summed E-state index contributed by atoms with van der Waals surface area (Å²) in [5, 5.41) is 7.89. The largest absolute Gasteiger partial charge is 0.332 e. The minimum Gasteiger partial charge on any atom is -0.332 e. The van der Waals surface area contributed by atoms with Gasteiger partial charge < -0.3 is 5.32 Å². The van der Waals surface area contributed by atoms with E-state index in [-0.39, 0.29) is 5.91 Å². The summed E-state index contributed by atoms with van der Waals surface area (Å²) in [6.45, 7) is 4.05. The molecule has 0 aliphatic carbocycles. The Hall–Kier alpha value is -1.72. The maximum Gasteiger partial charge on any atom is 0.267 e. The van der Waals surface area contributed by atoms with E-state index in [1.54, 1.807) is 6.07 Å². The molecule has 0 unspecified atom stereocenters. The van der Waals surface area contributed by atoms with E-state index in [9.17, 15) is 4.79 Å². The number of thiocarbonyl (C=S) groups is 1. The number of hydrogen-bond acceptors (Lipinski definition) is 3. The highest BCUT2D eigenvalue weighted by Crippen LogP contribution is 2.17. The average molecular weight is 290 g/mol. The summed E-state index contributed by atoms with van der Waals surface area (Å²) in [4.78, 5) is 12.5. The number of aryl methyl sites for hydroxylation is 1. The van der Waals surface area contributed by atoms with Crippen molar-refractivity contribution in [1.82, 2.24) is 5.32 Å². The predicted octanol–water partition coefficient (Wildman–Crippen LogP) is 3.49. The van der Waals surface area contributed by atoms with Crippen molar-refractivity contribution in [2.75, 3.05) is 5.32 Å². The SMILES string of the molecule is Cc1cccc(NC(=S)NC(=O)c2cccs2)c1C. The number of hydrogen-bond donors (Lipinski definition) is 2. The molecule has 0 atom stereocenters. The fourth-order valence-corrected chi connectivity index (χ4v) is 2.43. The first-order valence-electron chi connectivity index (χ1n) is 5.80. The summed E-state index contributed by atoms with van der Waals surface area (Å²) in [6.07, 6.45) is 0. The lowest BCUT2D eigenvalue weighted by molar-refractivity contribution is 0.0981. The molecule has 2 aromatic rings. The normalized spacial score (nSPS) is 10.0. The molecule has 0 aliphatic heterocycles. The minimum atomic E-state index is -0.183. The maximum absolute atomic E-state index is 11.8. The van der Waals surface area contributed by atoms with Gasteiger partial charge in [0.2, 0.25) is 0 Å². The molecular formula is C14H14N2OS2. The lowest BCUT2D eigenvalue weighted by atomic mass is 10.1. The van der Waals surface area contributed by atoms with Gasteiger partial charge in [-0.25, -0.2) is 0 Å². The molecule has 1 aromatic heterocycles. The van der Waals surface area contributed by atoms with E-state index in [1.165, 1.54) is 16.9 Å². The average Bonchev–Trinajstić information content (AvgIpc) is 2.88. The van der Waals surface area contributed by atoms with Crippen LogP contribution in [-0.2, 0) is 0 Å². The van der Waals surface area contributed by atoms with Gasteiger partial charge in [0.1, 0.15) is 0 Å². The van der Waals surface area contributed by atoms with Gasteiger partial charge in [-0.15, -0.1) is 11.3 Å². The van der Waals surface area contributed by atoms with Crippen LogP contribution in [0, 0.1) is 13.8 Å². The van der Waals surface area contributed by atoms with Crippen LogP contribution in [0.25, 0.3) is 0 Å². The predicted molar refractivity (Wildman–Crippen MR) is 83.9 cm³/mol. The second kappa shape index (κ2) is 5.95. The van der Waals surface area contributed by atoms with Crippen molar-refractivity contribution < 1.29 is 4.79 Å². The second-order valence-electron chi connectivity index (χ2n) is 4.13. The van der Waals surface area contributed by atoms with Crippen LogP contribution in [-0.4, -0.2) is 11.0 Å². The van der Waals surface area contributed by atoms with Crippen molar-refractivity contribution in [3.63, 3.8) is 0 Å². The highest BCUT2D eigenvalue weighted by molar-refractivity contribution is 7.80. The van der Waals surface area contributed by atoms with Gasteiger partial charge in [-0.05, 0) is 54.7 Å². The van der Waals surface area contributed by atoms with Crippen molar-refractivity contribution in [2.24, 2.45) is 0 Å². The van der Waals surface area contributed by atoms with Gasteiger partial charge in [-0.3, -0.25) is 10.1 Å². The summed E-state index contributed by atoms with van der Waals surface area (Å²) >= 11 is 6.54. The van der Waals surface area contributed by atoms with Crippen molar-refractivity contribution in [2.45, 2.75) is 13.8 Å². The van der Waals surface area contributed by atoms with E-state index in [0.29, 0.717) is 9.99 Å². The summed E-state index contributed by atoms with van der Waals surface area (Å²) in [5.41, 5.74) is 3.21. The maximum atomic E-state index is 11.8. The van der Waals surface area contributed by atoms with Crippen LogP contribution in [0.4, 0.5) is 5.69 Å². The van der Waals surface area contributed by atoms with Gasteiger partial charge in [0, 0.05) is 5.69 Å². The van der Waals surface area contributed by atoms with Gasteiger partial charge in [0.25, 0.3) is 5.91 Å². The lowest BCUT2D eigenvalue weighted by Gasteiger charge is -2.12. The Bertz CT molecular complexity index is 606. The third-order valence-corrected chi connectivity index (χ3v) is 3.90. The molecule has 0 saturated heterocycles. The number of carbonyl (C=O) groups excluding carboxylic acids is 1. The first-order valence-corrected chi connectivity index (χ1v) is 7.09. The summed E-state index contributed by atoms with van der Waals surface area (Å²) in [5.74, 6) is -0.183. The van der Waals surface area contributed by atoms with Crippen LogP contribution in [0.15, 0.2) is 35.7 Å². The third-order valence-electron chi connectivity index (χ3n) is 2.82. The molecule has 1 aromatic carbocycles. The van der Waals surface area contributed by atoms with Gasteiger partial charge in [0.15, 0.2) is 5.11 Å². The van der Waals surface area contributed by atoms with Crippen LogP contribution < -0.4 is 10.6 Å². The molecule has 0 aliphatic rings. The quantitative estimate of drug-likeness (QED) is 0.832. The second-order valence-corrected chi connectivity index (χ2v) is 5.49. The Morgan fingerprint density at radius 2 is 2.00 bits per heavy atom. The van der Waals surface area contributed by atoms with E-state index >= 15 is 0 Å². The molecule has 5 heteroatoms. The first-order chi connectivity index (χ1) is 9.08. The molecule has 1 heterocycles. The standard InChI is InChI=1S/C14H14N2OS2/c1-9-5-3-6-11(10(9)2)15-14(18)16-13(17)12-7-4-8-19-12/h3-8H,1-2H3,(H2,15,16,17,18). The molecule has 3 nitrogen and oxygen atoms in total. The molecule has 19 heavy (non-hydrogen) atoms. The van der Waals surface area contributed by atoms with Gasteiger partial charge in [0.05, 0.1) is 4.88 Å². The fraction of sp³-hybridized carbons (Fsp3) is 0.143. The Balaban J connectivity index is 2.02. The van der Waals surface area contributed by atoms with Crippen molar-refractivity contribution >= 4 is 40.3 Å². The molecule has 98 valence electrons. The first kappa shape index (κ1) is 13.7. The molecule has 1 amide bonds. The monoisotopic (exact) mass is 290 g/mol. The zero-order valence-corrected chi connectivity index (χ0v) is 12.3. The number of nitrogens with one attached hydrogen (secondary N) is 2. The van der Waals surface area contributed by atoms with Crippen molar-refractivity contribution in [1.29, 1.82) is 0 Å². The van der Waals surface area contributed by atoms with E-state index < -0.39 is 0 Å². The topological polar surface area (TPSA) is 41.1 Å². The number of thiophene rings is 1. The van der Waals surface area contributed by atoms with Gasteiger partial charge in [-0.2, -0.15) is 0 Å². The van der Waals surface area contributed by atoms with Crippen LogP contribution in [0.2, 0.25) is 0 Å². The zero-order valence-electron chi connectivity index (χ0n) is 10.7. The molecule has 2 N–H and O–H groups in total. The van der Waals surface area contributed by atoms with E-state index in [1.807, 2.05) is 43.5 Å². The molecular weight excluding hydrogens is 276 g/mol. The summed E-state index contributed by atoms with van der Waals surface area (Å²) < 4.78 is 0. The smallest absolute Gasteiger partial charge is 0.267 e. The Morgan fingerprint density at radius 1 is 1.21 bits per heavy atom. The fourth-order valence-electron chi connectivity index (χ4n) is 1.61. The highest BCUT2D eigenvalue weighted by Gasteiger charge is 2.09. The van der Waals surface area contributed by atoms with Crippen LogP contribution >= 0.6 is 23.6 Å². The molecule has 0 saturated carbocycles. The summed E-state index contributed by atoms with van der Waals surface area (Å²) in [7, 11) is 0. The molecule has 0 spiro atoms. The van der Waals surface area contributed by atoms with E-state index in [4.69, 9.17) is 12.2 Å². The Labute approximate surface area is 121 Å². The number of benzene rings is 1. The van der Waals surface area contributed by atoms with Crippen LogP contribution in [0.3, 0.4) is 0 Å². The third kappa shape index (κ3) is 3.39. The summed E-state index contributed by atoms with van der Waals surface area (Å²) in [6, 6.07) is 9.52. The molecule has 0 radical (unpaired) electrons. The van der Waals surface area contributed by atoms with E-state index in [2.05, 4.69) is 10.6 Å². The zero-order chi connectivity index (χ0) is 13.8. The number of amides is 1.